The van der Waals surface area contributed by atoms with Gasteiger partial charge in [-0.15, -0.1) is 0 Å². The molecule has 0 aliphatic heterocycles. The molecule has 1 N–H and O–H groups in total. The lowest BCUT2D eigenvalue weighted by molar-refractivity contribution is -0.109. The van der Waals surface area contributed by atoms with Crippen LogP contribution in [0.3, 0.4) is 0 Å². The van der Waals surface area contributed by atoms with Gasteiger partial charge in [-0.1, -0.05) is 0 Å². The summed E-state index contributed by atoms with van der Waals surface area (Å²) < 4.78 is 6.95. The fourth-order valence-electron chi connectivity index (χ4n) is 1.77. The van der Waals surface area contributed by atoms with E-state index >= 15 is 0 Å². The first kappa shape index (κ1) is 17.6. The fraction of sp³-hybridized carbons (Fsp3) is 0.643. The average Bonchev–Trinajstić information content (AvgIpc) is 2.54. The van der Waals surface area contributed by atoms with Crippen molar-refractivity contribution in [3.8, 4) is 0 Å². The lowest BCUT2D eigenvalue weighted by atomic mass is 10.2. The molecule has 118 valence electrons. The summed E-state index contributed by atoms with van der Waals surface area (Å²) in [5.74, 6) is 0. The quantitative estimate of drug-likeness (QED) is 0.865. The van der Waals surface area contributed by atoms with Gasteiger partial charge in [0, 0.05) is 19.2 Å². The first-order valence-corrected chi connectivity index (χ1v) is 7.61. The highest BCUT2D eigenvalue weighted by Crippen LogP contribution is 2.26. The summed E-state index contributed by atoms with van der Waals surface area (Å²) in [6.45, 7) is 11.7. The Bertz CT molecular complexity index is 532. The van der Waals surface area contributed by atoms with E-state index in [0.717, 1.165) is 16.3 Å². The van der Waals surface area contributed by atoms with Crippen LogP contribution in [-0.4, -0.2) is 33.1 Å². The zero-order chi connectivity index (χ0) is 16.2. The number of alkyl carbamates (subject to hydrolysis) is 1. The van der Waals surface area contributed by atoms with Gasteiger partial charge >= 0.3 is 6.09 Å². The number of aryl methyl sites for hydroxylation is 1. The van der Waals surface area contributed by atoms with Crippen LogP contribution < -0.4 is 5.32 Å². The molecule has 0 unspecified atom stereocenters. The highest BCUT2D eigenvalue weighted by atomic mass is 32.2. The molecule has 0 aromatic carbocycles. The van der Waals surface area contributed by atoms with Gasteiger partial charge in [0.1, 0.15) is 5.60 Å². The summed E-state index contributed by atoms with van der Waals surface area (Å²) in [5.41, 5.74) is 1.25. The van der Waals surface area contributed by atoms with Crippen molar-refractivity contribution in [2.75, 3.05) is 6.54 Å². The molecule has 0 fully saturated rings. The number of hydrogen-bond acceptors (Lipinski definition) is 5. The SMILES string of the molecule is CC(=O)Sc1c(C)nn(CCNC(=O)OC(C)(C)C)c1C. The van der Waals surface area contributed by atoms with E-state index in [4.69, 9.17) is 4.74 Å². The van der Waals surface area contributed by atoms with E-state index in [2.05, 4.69) is 10.4 Å². The molecule has 0 spiro atoms. The van der Waals surface area contributed by atoms with Gasteiger partial charge in [0.15, 0.2) is 5.12 Å². The molecule has 1 amide bonds. The second-order valence-corrected chi connectivity index (χ2v) is 6.93. The van der Waals surface area contributed by atoms with Crippen LogP contribution in [0.2, 0.25) is 0 Å². The molecule has 1 aromatic heterocycles. The maximum Gasteiger partial charge on any atom is 0.407 e. The number of amides is 1. The summed E-state index contributed by atoms with van der Waals surface area (Å²) in [7, 11) is 0. The minimum atomic E-state index is -0.506. The first-order valence-electron chi connectivity index (χ1n) is 6.79. The predicted octanol–water partition coefficient (Wildman–Crippen LogP) is 2.66. The molecule has 0 atom stereocenters. The number of rotatable bonds is 4. The molecule has 0 aliphatic rings. The number of ether oxygens (including phenoxy) is 1. The van der Waals surface area contributed by atoms with Crippen molar-refractivity contribution < 1.29 is 14.3 Å². The highest BCUT2D eigenvalue weighted by Gasteiger charge is 2.16. The van der Waals surface area contributed by atoms with Crippen molar-refractivity contribution in [3.63, 3.8) is 0 Å². The summed E-state index contributed by atoms with van der Waals surface area (Å²) in [5, 5.41) is 7.11. The molecule has 7 heteroatoms. The number of nitrogens with zero attached hydrogens (tertiary/aromatic N) is 2. The van der Waals surface area contributed by atoms with Crippen LogP contribution >= 0.6 is 11.8 Å². The van der Waals surface area contributed by atoms with Gasteiger partial charge in [-0.2, -0.15) is 5.10 Å². The maximum absolute atomic E-state index is 11.5. The molecule has 1 aromatic rings. The van der Waals surface area contributed by atoms with Gasteiger partial charge in [-0.3, -0.25) is 9.48 Å². The van der Waals surface area contributed by atoms with E-state index in [0.29, 0.717) is 13.1 Å². The lowest BCUT2D eigenvalue weighted by Crippen LogP contribution is -2.34. The van der Waals surface area contributed by atoms with E-state index in [1.54, 1.807) is 4.68 Å². The third-order valence-electron chi connectivity index (χ3n) is 2.55. The summed E-state index contributed by atoms with van der Waals surface area (Å²) in [4.78, 5) is 23.6. The van der Waals surface area contributed by atoms with Crippen molar-refractivity contribution in [3.05, 3.63) is 11.4 Å². The minimum absolute atomic E-state index is 0.0348. The summed E-state index contributed by atoms with van der Waals surface area (Å²) in [6.07, 6.45) is -0.442. The Kier molecular flexibility index (Phi) is 5.83. The Morgan fingerprint density at radius 3 is 2.48 bits per heavy atom. The topological polar surface area (TPSA) is 73.2 Å². The molecular weight excluding hydrogens is 290 g/mol. The van der Waals surface area contributed by atoms with Crippen molar-refractivity contribution in [2.24, 2.45) is 0 Å². The average molecular weight is 313 g/mol. The van der Waals surface area contributed by atoms with Crippen LogP contribution in [0.4, 0.5) is 4.79 Å². The Balaban J connectivity index is 2.57. The zero-order valence-corrected chi connectivity index (χ0v) is 14.3. The van der Waals surface area contributed by atoms with Crippen molar-refractivity contribution >= 4 is 23.0 Å². The van der Waals surface area contributed by atoms with Crippen LogP contribution in [0.15, 0.2) is 4.90 Å². The first-order chi connectivity index (χ1) is 9.60. The van der Waals surface area contributed by atoms with E-state index in [-0.39, 0.29) is 5.12 Å². The number of carbonyl (C=O) groups is 2. The molecule has 0 aliphatic carbocycles. The van der Waals surface area contributed by atoms with Crippen LogP contribution in [0, 0.1) is 13.8 Å². The third-order valence-corrected chi connectivity index (χ3v) is 3.64. The standard InChI is InChI=1S/C14H23N3O3S/c1-9-12(21-11(3)18)10(2)17(16-9)8-7-15-13(19)20-14(4,5)6/h7-8H2,1-6H3,(H,15,19). The van der Waals surface area contributed by atoms with Crippen LogP contribution in [0.1, 0.15) is 39.1 Å². The summed E-state index contributed by atoms with van der Waals surface area (Å²) >= 11 is 1.19. The van der Waals surface area contributed by atoms with E-state index < -0.39 is 11.7 Å². The molecule has 6 nitrogen and oxygen atoms in total. The lowest BCUT2D eigenvalue weighted by Gasteiger charge is -2.19. The van der Waals surface area contributed by atoms with Crippen molar-refractivity contribution in [1.29, 1.82) is 0 Å². The number of hydrogen-bond donors (Lipinski definition) is 1. The number of thioether (sulfide) groups is 1. The zero-order valence-electron chi connectivity index (χ0n) is 13.4. The normalized spacial score (nSPS) is 11.3. The second-order valence-electron chi connectivity index (χ2n) is 5.75. The molecule has 21 heavy (non-hydrogen) atoms. The Morgan fingerprint density at radius 2 is 1.95 bits per heavy atom. The van der Waals surface area contributed by atoms with E-state index in [9.17, 15) is 9.59 Å². The number of aromatic nitrogens is 2. The van der Waals surface area contributed by atoms with E-state index in [1.165, 1.54) is 18.7 Å². The largest absolute Gasteiger partial charge is 0.444 e. The highest BCUT2D eigenvalue weighted by molar-refractivity contribution is 8.13. The Hall–Kier alpha value is -1.50. The van der Waals surface area contributed by atoms with Crippen LogP contribution in [-0.2, 0) is 16.1 Å². The molecule has 0 radical (unpaired) electrons. The van der Waals surface area contributed by atoms with Gasteiger partial charge in [0.25, 0.3) is 0 Å². The van der Waals surface area contributed by atoms with Gasteiger partial charge in [0.2, 0.25) is 0 Å². The Morgan fingerprint density at radius 1 is 1.33 bits per heavy atom. The van der Waals surface area contributed by atoms with Gasteiger partial charge in [-0.25, -0.2) is 4.79 Å². The van der Waals surface area contributed by atoms with Crippen LogP contribution in [0.25, 0.3) is 0 Å². The second kappa shape index (κ2) is 6.98. The fourth-order valence-corrected chi connectivity index (χ4v) is 2.50. The number of carbonyl (C=O) groups excluding carboxylic acids is 2. The van der Waals surface area contributed by atoms with Crippen LogP contribution in [0.5, 0.6) is 0 Å². The Labute approximate surface area is 129 Å². The molecule has 0 saturated heterocycles. The van der Waals surface area contributed by atoms with E-state index in [1.807, 2.05) is 34.6 Å². The molecule has 0 saturated carbocycles. The summed E-state index contributed by atoms with van der Waals surface area (Å²) in [6, 6.07) is 0. The van der Waals surface area contributed by atoms with Gasteiger partial charge < -0.3 is 10.1 Å². The molecule has 1 rings (SSSR count). The predicted molar refractivity (Wildman–Crippen MR) is 82.5 cm³/mol. The third kappa shape index (κ3) is 5.79. The van der Waals surface area contributed by atoms with Gasteiger partial charge in [0.05, 0.1) is 17.1 Å². The van der Waals surface area contributed by atoms with Gasteiger partial charge in [-0.05, 0) is 46.4 Å². The van der Waals surface area contributed by atoms with Crippen molar-refractivity contribution in [1.82, 2.24) is 15.1 Å². The smallest absolute Gasteiger partial charge is 0.407 e. The molecule has 0 bridgehead atoms. The molecular formula is C14H23N3O3S. The molecule has 1 heterocycles. The number of nitrogens with one attached hydrogen (secondary N) is 1. The maximum atomic E-state index is 11.5. The van der Waals surface area contributed by atoms with Crippen molar-refractivity contribution in [2.45, 2.75) is 58.6 Å². The monoisotopic (exact) mass is 313 g/mol. The minimum Gasteiger partial charge on any atom is -0.444 e.